The standard InChI is InChI=1S/C24H24Cl2N6O2S2/c1-16(30-24-23-22(28-15-29-24)19(14-35-23)17-3-2-6-27-12-17)13-31-7-9-32(10-8-31)36(33,34)18-4-5-20(25)21(26)11-18/h2-6,11-12,14-16H,7-10,13H2,1H3,(H,28,29,30). The zero-order chi connectivity index (χ0) is 25.3. The van der Waals surface area contributed by atoms with Gasteiger partial charge in [-0.2, -0.15) is 4.31 Å². The first-order valence-electron chi connectivity index (χ1n) is 11.4. The van der Waals surface area contributed by atoms with E-state index in [-0.39, 0.29) is 16.0 Å². The fourth-order valence-corrected chi connectivity index (χ4v) is 7.08. The number of aromatic nitrogens is 3. The molecule has 1 saturated heterocycles. The molecule has 0 spiro atoms. The molecule has 1 atom stereocenters. The summed E-state index contributed by atoms with van der Waals surface area (Å²) in [5, 5.41) is 6.16. The summed E-state index contributed by atoms with van der Waals surface area (Å²) < 4.78 is 28.6. The number of hydrogen-bond donors (Lipinski definition) is 1. The molecule has 1 N–H and O–H groups in total. The molecule has 5 rings (SSSR count). The van der Waals surface area contributed by atoms with Crippen molar-refractivity contribution in [1.82, 2.24) is 24.2 Å². The van der Waals surface area contributed by atoms with Gasteiger partial charge in [0.05, 0.1) is 25.2 Å². The van der Waals surface area contributed by atoms with Gasteiger partial charge in [-0.1, -0.05) is 29.3 Å². The highest BCUT2D eigenvalue weighted by Gasteiger charge is 2.29. The Labute approximate surface area is 224 Å². The average molecular weight is 564 g/mol. The van der Waals surface area contributed by atoms with Crippen molar-refractivity contribution in [1.29, 1.82) is 0 Å². The van der Waals surface area contributed by atoms with Gasteiger partial charge in [-0.25, -0.2) is 18.4 Å². The fraction of sp³-hybridized carbons (Fsp3) is 0.292. The molecule has 4 aromatic rings. The monoisotopic (exact) mass is 562 g/mol. The maximum atomic E-state index is 13.0. The summed E-state index contributed by atoms with van der Waals surface area (Å²) >= 11 is 13.6. The lowest BCUT2D eigenvalue weighted by Gasteiger charge is -2.35. The molecule has 3 aromatic heterocycles. The van der Waals surface area contributed by atoms with Gasteiger partial charge >= 0.3 is 0 Å². The van der Waals surface area contributed by atoms with Gasteiger partial charge in [-0.3, -0.25) is 9.88 Å². The highest BCUT2D eigenvalue weighted by Crippen LogP contribution is 2.35. The Morgan fingerprint density at radius 3 is 2.64 bits per heavy atom. The van der Waals surface area contributed by atoms with Crippen LogP contribution in [0.15, 0.2) is 59.3 Å². The zero-order valence-electron chi connectivity index (χ0n) is 19.4. The van der Waals surface area contributed by atoms with Crippen molar-refractivity contribution in [3.05, 3.63) is 64.5 Å². The number of sulfonamides is 1. The van der Waals surface area contributed by atoms with Crippen molar-refractivity contribution in [2.24, 2.45) is 0 Å². The third kappa shape index (κ3) is 5.20. The Morgan fingerprint density at radius 1 is 1.11 bits per heavy atom. The third-order valence-electron chi connectivity index (χ3n) is 6.10. The second-order valence-electron chi connectivity index (χ2n) is 8.62. The molecule has 36 heavy (non-hydrogen) atoms. The van der Waals surface area contributed by atoms with Crippen LogP contribution >= 0.6 is 34.5 Å². The number of anilines is 1. The van der Waals surface area contributed by atoms with Crippen molar-refractivity contribution >= 4 is 60.6 Å². The number of hydrogen-bond acceptors (Lipinski definition) is 8. The second-order valence-corrected chi connectivity index (χ2v) is 12.2. The number of rotatable bonds is 7. The van der Waals surface area contributed by atoms with E-state index in [4.69, 9.17) is 23.2 Å². The summed E-state index contributed by atoms with van der Waals surface area (Å²) in [6, 6.07) is 8.45. The summed E-state index contributed by atoms with van der Waals surface area (Å²) in [6.07, 6.45) is 5.17. The molecule has 0 bridgehead atoms. The third-order valence-corrected chi connectivity index (χ3v) is 9.71. The number of nitrogens with zero attached hydrogens (tertiary/aromatic N) is 5. The molecule has 8 nitrogen and oxygen atoms in total. The van der Waals surface area contributed by atoms with Gasteiger partial charge in [-0.15, -0.1) is 11.3 Å². The first kappa shape index (κ1) is 25.3. The molecule has 1 aliphatic rings. The van der Waals surface area contributed by atoms with Gasteiger partial charge in [0.15, 0.2) is 0 Å². The van der Waals surface area contributed by atoms with Crippen molar-refractivity contribution in [3.8, 4) is 11.1 Å². The van der Waals surface area contributed by atoms with E-state index in [0.717, 1.165) is 33.7 Å². The normalized spacial score (nSPS) is 16.3. The SMILES string of the molecule is CC(CN1CCN(S(=O)(=O)c2ccc(Cl)c(Cl)c2)CC1)Nc1ncnc2c(-c3cccnc3)csc12. The average Bonchev–Trinajstić information content (AvgIpc) is 3.32. The second kappa shape index (κ2) is 10.6. The van der Waals surface area contributed by atoms with Crippen molar-refractivity contribution in [2.45, 2.75) is 17.9 Å². The summed E-state index contributed by atoms with van der Waals surface area (Å²) in [4.78, 5) is 15.6. The minimum absolute atomic E-state index is 0.102. The Morgan fingerprint density at radius 2 is 1.92 bits per heavy atom. The summed E-state index contributed by atoms with van der Waals surface area (Å²) in [7, 11) is -3.62. The van der Waals surface area contributed by atoms with E-state index in [2.05, 4.69) is 37.5 Å². The molecule has 0 radical (unpaired) electrons. The number of halogens is 2. The first-order chi connectivity index (χ1) is 17.3. The molecule has 1 aliphatic heterocycles. The van der Waals surface area contributed by atoms with Gasteiger partial charge in [-0.05, 0) is 31.2 Å². The van der Waals surface area contributed by atoms with E-state index in [1.54, 1.807) is 23.9 Å². The van der Waals surface area contributed by atoms with Gasteiger partial charge < -0.3 is 5.32 Å². The van der Waals surface area contributed by atoms with Gasteiger partial charge in [0.25, 0.3) is 0 Å². The molecule has 188 valence electrons. The summed E-state index contributed by atoms with van der Waals surface area (Å²) in [5.74, 6) is 0.800. The number of benzene rings is 1. The fourth-order valence-electron chi connectivity index (χ4n) is 4.29. The summed E-state index contributed by atoms with van der Waals surface area (Å²) in [6.45, 7) is 4.94. The lowest BCUT2D eigenvalue weighted by molar-refractivity contribution is 0.184. The summed E-state index contributed by atoms with van der Waals surface area (Å²) in [5.41, 5.74) is 2.97. The van der Waals surface area contributed by atoms with Crippen LogP contribution in [0.25, 0.3) is 21.3 Å². The van der Waals surface area contributed by atoms with Crippen LogP contribution in [0.1, 0.15) is 6.92 Å². The lowest BCUT2D eigenvalue weighted by Crippen LogP contribution is -2.50. The van der Waals surface area contributed by atoms with Crippen molar-refractivity contribution < 1.29 is 8.42 Å². The number of piperazine rings is 1. The number of fused-ring (bicyclic) bond motifs is 1. The molecular formula is C24H24Cl2N6O2S2. The van der Waals surface area contributed by atoms with E-state index in [1.165, 1.54) is 22.5 Å². The van der Waals surface area contributed by atoms with Crippen LogP contribution in [0.2, 0.25) is 10.0 Å². The van der Waals surface area contributed by atoms with E-state index in [1.807, 2.05) is 18.3 Å². The topological polar surface area (TPSA) is 91.3 Å². The van der Waals surface area contributed by atoms with Crippen molar-refractivity contribution in [3.63, 3.8) is 0 Å². The van der Waals surface area contributed by atoms with Gasteiger partial charge in [0, 0.05) is 67.7 Å². The molecule has 4 heterocycles. The van der Waals surface area contributed by atoms with Crippen LogP contribution in [0.4, 0.5) is 5.82 Å². The Kier molecular flexibility index (Phi) is 7.43. The molecule has 1 unspecified atom stereocenters. The van der Waals surface area contributed by atoms with Crippen LogP contribution in [0.3, 0.4) is 0 Å². The minimum Gasteiger partial charge on any atom is -0.365 e. The predicted molar refractivity (Wildman–Crippen MR) is 145 cm³/mol. The zero-order valence-corrected chi connectivity index (χ0v) is 22.6. The Balaban J connectivity index is 1.21. The minimum atomic E-state index is -3.62. The Hall–Kier alpha value is -2.34. The van der Waals surface area contributed by atoms with E-state index in [0.29, 0.717) is 31.2 Å². The van der Waals surface area contributed by atoms with Gasteiger partial charge in [0.1, 0.15) is 12.1 Å². The van der Waals surface area contributed by atoms with Crippen molar-refractivity contribution in [2.75, 3.05) is 38.0 Å². The number of nitrogens with one attached hydrogen (secondary N) is 1. The lowest BCUT2D eigenvalue weighted by atomic mass is 10.1. The Bertz CT molecular complexity index is 1470. The number of thiophene rings is 1. The smallest absolute Gasteiger partial charge is 0.243 e. The quantitative estimate of drug-likeness (QED) is 0.343. The highest BCUT2D eigenvalue weighted by atomic mass is 35.5. The molecule has 1 aromatic carbocycles. The van der Waals surface area contributed by atoms with Crippen LogP contribution in [0.5, 0.6) is 0 Å². The molecular weight excluding hydrogens is 539 g/mol. The molecule has 0 aliphatic carbocycles. The van der Waals surface area contributed by atoms with E-state index in [9.17, 15) is 8.42 Å². The molecule has 12 heteroatoms. The van der Waals surface area contributed by atoms with E-state index >= 15 is 0 Å². The van der Waals surface area contributed by atoms with Crippen LogP contribution < -0.4 is 5.32 Å². The first-order valence-corrected chi connectivity index (χ1v) is 14.5. The maximum Gasteiger partial charge on any atom is 0.243 e. The van der Waals surface area contributed by atoms with Crippen LogP contribution in [-0.4, -0.2) is 71.3 Å². The van der Waals surface area contributed by atoms with Crippen LogP contribution in [0, 0.1) is 0 Å². The highest BCUT2D eigenvalue weighted by molar-refractivity contribution is 7.89. The predicted octanol–water partition coefficient (Wildman–Crippen LogP) is 4.87. The van der Waals surface area contributed by atoms with Crippen LogP contribution in [-0.2, 0) is 10.0 Å². The maximum absolute atomic E-state index is 13.0. The number of pyridine rings is 1. The van der Waals surface area contributed by atoms with Gasteiger partial charge in [0.2, 0.25) is 10.0 Å². The largest absolute Gasteiger partial charge is 0.365 e. The van der Waals surface area contributed by atoms with E-state index < -0.39 is 10.0 Å². The molecule has 0 amide bonds. The molecule has 0 saturated carbocycles. The molecule has 1 fully saturated rings.